The van der Waals surface area contributed by atoms with Gasteiger partial charge in [-0.2, -0.15) is 0 Å². The number of pyridine rings is 1. The molecule has 0 fully saturated rings. The first kappa shape index (κ1) is 15.7. The molecule has 118 valence electrons. The Balaban J connectivity index is 1.94. The third kappa shape index (κ3) is 3.27. The maximum absolute atomic E-state index is 5.88. The number of hydrogen-bond donors (Lipinski definition) is 1. The number of halogens is 1. The van der Waals surface area contributed by atoms with Gasteiger partial charge in [0.1, 0.15) is 5.82 Å². The Hall–Kier alpha value is -2.21. The molecule has 0 aliphatic carbocycles. The van der Waals surface area contributed by atoms with Crippen LogP contribution in [0.4, 0.5) is 5.82 Å². The fourth-order valence-electron chi connectivity index (χ4n) is 2.18. The summed E-state index contributed by atoms with van der Waals surface area (Å²) in [7, 11) is 0. The number of hydrogen-bond acceptors (Lipinski definition) is 5. The number of aromatic nitrogens is 3. The molecule has 0 saturated heterocycles. The van der Waals surface area contributed by atoms with Crippen LogP contribution in [-0.4, -0.2) is 15.2 Å². The Morgan fingerprint density at radius 1 is 1.04 bits per heavy atom. The largest absolute Gasteiger partial charge is 0.416 e. The second-order valence-corrected chi connectivity index (χ2v) is 7.24. The predicted molar refractivity (Wildman–Crippen MR) is 93.8 cm³/mol. The molecule has 2 aromatic heterocycles. The Morgan fingerprint density at radius 2 is 1.70 bits per heavy atom. The van der Waals surface area contributed by atoms with Crippen molar-refractivity contribution in [3.63, 3.8) is 0 Å². The molecule has 0 bridgehead atoms. The monoisotopic (exact) mass is 372 g/mol. The smallest absolute Gasteiger partial charge is 0.251 e. The molecule has 1 aromatic carbocycles. The highest BCUT2D eigenvalue weighted by Crippen LogP contribution is 2.30. The summed E-state index contributed by atoms with van der Waals surface area (Å²) < 4.78 is 6.56. The van der Waals surface area contributed by atoms with E-state index in [0.29, 0.717) is 23.2 Å². The van der Waals surface area contributed by atoms with Gasteiger partial charge in [-0.05, 0) is 45.1 Å². The molecule has 23 heavy (non-hydrogen) atoms. The zero-order valence-corrected chi connectivity index (χ0v) is 14.8. The van der Waals surface area contributed by atoms with Gasteiger partial charge in [0.15, 0.2) is 0 Å². The minimum absolute atomic E-state index is 0.106. The fourth-order valence-corrected chi connectivity index (χ4v) is 2.51. The van der Waals surface area contributed by atoms with Gasteiger partial charge in [-0.15, -0.1) is 10.2 Å². The van der Waals surface area contributed by atoms with Crippen molar-refractivity contribution >= 4 is 21.7 Å². The van der Waals surface area contributed by atoms with E-state index in [9.17, 15) is 0 Å². The molecule has 0 saturated carbocycles. The molecule has 0 aliphatic heterocycles. The maximum atomic E-state index is 5.88. The van der Waals surface area contributed by atoms with E-state index in [-0.39, 0.29) is 5.41 Å². The molecule has 5 nitrogen and oxygen atoms in total. The van der Waals surface area contributed by atoms with Gasteiger partial charge < -0.3 is 10.2 Å². The normalized spacial score (nSPS) is 11.7. The standard InChI is InChI=1S/C17H17BrN4O/c1-17(2,3)11-6-4-10(5-7-11)15-21-22-16(23-15)13-8-12(18)9-20-14(13)19/h4-9H,1-3H3,(H2,19,20). The highest BCUT2D eigenvalue weighted by atomic mass is 79.9. The molecule has 6 heteroatoms. The van der Waals surface area contributed by atoms with Crippen molar-refractivity contribution in [2.75, 3.05) is 5.73 Å². The average molecular weight is 373 g/mol. The van der Waals surface area contributed by atoms with Gasteiger partial charge in [0.05, 0.1) is 5.56 Å². The van der Waals surface area contributed by atoms with Crippen LogP contribution < -0.4 is 5.73 Å². The van der Waals surface area contributed by atoms with Gasteiger partial charge in [-0.3, -0.25) is 0 Å². The van der Waals surface area contributed by atoms with Gasteiger partial charge in [0, 0.05) is 16.2 Å². The first-order valence-electron chi connectivity index (χ1n) is 7.20. The van der Waals surface area contributed by atoms with Crippen molar-refractivity contribution in [3.8, 4) is 22.9 Å². The molecular formula is C17H17BrN4O. The number of nitrogens with two attached hydrogens (primary N) is 1. The van der Waals surface area contributed by atoms with E-state index in [1.807, 2.05) is 18.2 Å². The summed E-state index contributed by atoms with van der Waals surface area (Å²) in [6.45, 7) is 6.53. The molecule has 2 heterocycles. The summed E-state index contributed by atoms with van der Waals surface area (Å²) in [6.07, 6.45) is 1.63. The van der Waals surface area contributed by atoms with E-state index in [1.165, 1.54) is 5.56 Å². The predicted octanol–water partition coefficient (Wildman–Crippen LogP) is 4.44. The molecule has 0 aliphatic rings. The lowest BCUT2D eigenvalue weighted by Gasteiger charge is -2.18. The van der Waals surface area contributed by atoms with Crippen molar-refractivity contribution < 1.29 is 4.42 Å². The quantitative estimate of drug-likeness (QED) is 0.719. The summed E-state index contributed by atoms with van der Waals surface area (Å²) in [4.78, 5) is 4.08. The molecule has 3 aromatic rings. The number of benzene rings is 1. The lowest BCUT2D eigenvalue weighted by molar-refractivity contribution is 0.582. The summed E-state index contributed by atoms with van der Waals surface area (Å²) in [5, 5.41) is 8.19. The van der Waals surface area contributed by atoms with Crippen LogP contribution >= 0.6 is 15.9 Å². The van der Waals surface area contributed by atoms with Crippen molar-refractivity contribution in [2.24, 2.45) is 0 Å². The van der Waals surface area contributed by atoms with Gasteiger partial charge in [-0.1, -0.05) is 32.9 Å². The maximum Gasteiger partial charge on any atom is 0.251 e. The minimum Gasteiger partial charge on any atom is -0.416 e. The fraction of sp³-hybridized carbons (Fsp3) is 0.235. The molecule has 3 rings (SSSR count). The van der Waals surface area contributed by atoms with Gasteiger partial charge in [-0.25, -0.2) is 4.98 Å². The van der Waals surface area contributed by atoms with Crippen LogP contribution in [0, 0.1) is 0 Å². The van der Waals surface area contributed by atoms with Crippen LogP contribution in [0.3, 0.4) is 0 Å². The first-order chi connectivity index (χ1) is 10.8. The van der Waals surface area contributed by atoms with E-state index in [1.54, 1.807) is 6.20 Å². The molecular weight excluding hydrogens is 356 g/mol. The highest BCUT2D eigenvalue weighted by Gasteiger charge is 2.16. The van der Waals surface area contributed by atoms with Crippen molar-refractivity contribution in [1.82, 2.24) is 15.2 Å². The van der Waals surface area contributed by atoms with E-state index in [4.69, 9.17) is 10.2 Å². The summed E-state index contributed by atoms with van der Waals surface area (Å²) >= 11 is 3.36. The Morgan fingerprint density at radius 3 is 2.35 bits per heavy atom. The summed E-state index contributed by atoms with van der Waals surface area (Å²) in [5.41, 5.74) is 8.72. The van der Waals surface area contributed by atoms with E-state index in [2.05, 4.69) is 64.0 Å². The number of rotatable bonds is 2. The third-order valence-corrected chi connectivity index (χ3v) is 3.97. The van der Waals surface area contributed by atoms with Crippen molar-refractivity contribution in [3.05, 3.63) is 46.6 Å². The molecule has 2 N–H and O–H groups in total. The second-order valence-electron chi connectivity index (χ2n) is 6.33. The molecule has 0 spiro atoms. The van der Waals surface area contributed by atoms with Crippen molar-refractivity contribution in [2.45, 2.75) is 26.2 Å². The lowest BCUT2D eigenvalue weighted by Crippen LogP contribution is -2.10. The Labute approximate surface area is 143 Å². The average Bonchev–Trinajstić information content (AvgIpc) is 2.99. The minimum atomic E-state index is 0.106. The Kier molecular flexibility index (Phi) is 3.93. The summed E-state index contributed by atoms with van der Waals surface area (Å²) in [5.74, 6) is 1.16. The molecule has 0 amide bonds. The van der Waals surface area contributed by atoms with Crippen LogP contribution in [0.5, 0.6) is 0 Å². The number of nitrogens with zero attached hydrogens (tertiary/aromatic N) is 3. The zero-order valence-electron chi connectivity index (χ0n) is 13.2. The van der Waals surface area contributed by atoms with Crippen LogP contribution in [0.2, 0.25) is 0 Å². The zero-order chi connectivity index (χ0) is 16.6. The molecule has 0 radical (unpaired) electrons. The topological polar surface area (TPSA) is 77.8 Å². The van der Waals surface area contributed by atoms with E-state index < -0.39 is 0 Å². The summed E-state index contributed by atoms with van der Waals surface area (Å²) in [6, 6.07) is 9.94. The second kappa shape index (κ2) is 5.77. The van der Waals surface area contributed by atoms with E-state index >= 15 is 0 Å². The molecule has 0 atom stereocenters. The Bertz CT molecular complexity index is 835. The third-order valence-electron chi connectivity index (χ3n) is 3.54. The number of anilines is 1. The van der Waals surface area contributed by atoms with Crippen LogP contribution in [-0.2, 0) is 5.41 Å². The SMILES string of the molecule is CC(C)(C)c1ccc(-c2nnc(-c3cc(Br)cnc3N)o2)cc1. The lowest BCUT2D eigenvalue weighted by atomic mass is 9.87. The first-order valence-corrected chi connectivity index (χ1v) is 8.00. The van der Waals surface area contributed by atoms with Crippen LogP contribution in [0.1, 0.15) is 26.3 Å². The van der Waals surface area contributed by atoms with Crippen LogP contribution in [0.25, 0.3) is 22.9 Å². The van der Waals surface area contributed by atoms with Crippen LogP contribution in [0.15, 0.2) is 45.4 Å². The highest BCUT2D eigenvalue weighted by molar-refractivity contribution is 9.10. The molecule has 0 unspecified atom stereocenters. The van der Waals surface area contributed by atoms with Crippen molar-refractivity contribution in [1.29, 1.82) is 0 Å². The van der Waals surface area contributed by atoms with Gasteiger partial charge in [0.25, 0.3) is 5.89 Å². The number of nitrogen functional groups attached to an aromatic ring is 1. The van der Waals surface area contributed by atoms with E-state index in [0.717, 1.165) is 10.0 Å². The van der Waals surface area contributed by atoms with Gasteiger partial charge >= 0.3 is 0 Å². The van der Waals surface area contributed by atoms with Gasteiger partial charge in [0.2, 0.25) is 5.89 Å².